The van der Waals surface area contributed by atoms with Crippen molar-refractivity contribution in [2.75, 3.05) is 13.7 Å². The molecule has 0 saturated heterocycles. The summed E-state index contributed by atoms with van der Waals surface area (Å²) in [5.74, 6) is 0.386. The third-order valence-electron chi connectivity index (χ3n) is 4.32. The van der Waals surface area contributed by atoms with Gasteiger partial charge in [-0.2, -0.15) is 0 Å². The lowest BCUT2D eigenvalue weighted by atomic mass is 10.1. The molecule has 5 nitrogen and oxygen atoms in total. The smallest absolute Gasteiger partial charge is 0.232 e. The number of benzene rings is 2. The number of methoxy groups -OCH3 is 1. The van der Waals surface area contributed by atoms with E-state index in [2.05, 4.69) is 5.32 Å². The first-order chi connectivity index (χ1) is 13.0. The van der Waals surface area contributed by atoms with Gasteiger partial charge in [-0.25, -0.2) is 0 Å². The molecular formula is C22H28N2O3. The summed E-state index contributed by atoms with van der Waals surface area (Å²) in [5.41, 5.74) is 2.13. The monoisotopic (exact) mass is 368 g/mol. The molecule has 0 aliphatic rings. The normalized spacial score (nSPS) is 10.5. The Hall–Kier alpha value is -2.82. The van der Waals surface area contributed by atoms with Crippen molar-refractivity contribution in [3.8, 4) is 5.75 Å². The van der Waals surface area contributed by atoms with E-state index in [4.69, 9.17) is 4.74 Å². The summed E-state index contributed by atoms with van der Waals surface area (Å²) in [6, 6.07) is 17.6. The molecule has 0 fully saturated rings. The standard InChI is InChI=1S/C22H28N2O3/c1-17(2)24(16-19-8-5-4-6-9-19)22(26)15-21(25)23-13-12-18-10-7-11-20(14-18)27-3/h4-11,14,17H,12-13,15-16H2,1-3H3,(H,23,25). The van der Waals surface area contributed by atoms with Crippen molar-refractivity contribution < 1.29 is 14.3 Å². The molecule has 27 heavy (non-hydrogen) atoms. The van der Waals surface area contributed by atoms with Crippen LogP contribution >= 0.6 is 0 Å². The van der Waals surface area contributed by atoms with Gasteiger partial charge in [0.2, 0.25) is 11.8 Å². The summed E-state index contributed by atoms with van der Waals surface area (Å²) in [4.78, 5) is 26.5. The van der Waals surface area contributed by atoms with Crippen molar-refractivity contribution in [3.05, 3.63) is 65.7 Å². The summed E-state index contributed by atoms with van der Waals surface area (Å²) < 4.78 is 5.19. The Labute approximate surface area is 161 Å². The number of carbonyl (C=O) groups is 2. The average Bonchev–Trinajstić information content (AvgIpc) is 2.66. The first-order valence-corrected chi connectivity index (χ1v) is 9.22. The van der Waals surface area contributed by atoms with Crippen LogP contribution in [-0.4, -0.2) is 36.4 Å². The van der Waals surface area contributed by atoms with Gasteiger partial charge in [-0.3, -0.25) is 9.59 Å². The highest BCUT2D eigenvalue weighted by Crippen LogP contribution is 2.13. The van der Waals surface area contributed by atoms with Gasteiger partial charge in [0.25, 0.3) is 0 Å². The van der Waals surface area contributed by atoms with Crippen LogP contribution < -0.4 is 10.1 Å². The van der Waals surface area contributed by atoms with Crippen LogP contribution in [0.1, 0.15) is 31.4 Å². The van der Waals surface area contributed by atoms with Crippen LogP contribution in [0.5, 0.6) is 5.75 Å². The topological polar surface area (TPSA) is 58.6 Å². The summed E-state index contributed by atoms with van der Waals surface area (Å²) >= 11 is 0. The molecule has 0 heterocycles. The zero-order chi connectivity index (χ0) is 19.6. The van der Waals surface area contributed by atoms with Gasteiger partial charge in [-0.1, -0.05) is 42.5 Å². The molecule has 0 aliphatic heterocycles. The van der Waals surface area contributed by atoms with Crippen LogP contribution in [-0.2, 0) is 22.6 Å². The predicted octanol–water partition coefficient (Wildman–Crippen LogP) is 3.18. The number of hydrogen-bond acceptors (Lipinski definition) is 3. The third-order valence-corrected chi connectivity index (χ3v) is 4.32. The fraction of sp³-hybridized carbons (Fsp3) is 0.364. The lowest BCUT2D eigenvalue weighted by Gasteiger charge is -2.26. The quantitative estimate of drug-likeness (QED) is 0.692. The molecular weight excluding hydrogens is 340 g/mol. The molecule has 0 spiro atoms. The van der Waals surface area contributed by atoms with Crippen molar-refractivity contribution in [2.24, 2.45) is 0 Å². The van der Waals surface area contributed by atoms with Crippen molar-refractivity contribution in [1.82, 2.24) is 10.2 Å². The molecule has 0 aromatic heterocycles. The Morgan fingerprint density at radius 1 is 1.04 bits per heavy atom. The van der Waals surface area contributed by atoms with Crippen molar-refractivity contribution in [3.63, 3.8) is 0 Å². The highest BCUT2D eigenvalue weighted by Gasteiger charge is 2.20. The zero-order valence-corrected chi connectivity index (χ0v) is 16.3. The fourth-order valence-corrected chi connectivity index (χ4v) is 2.81. The molecule has 2 aromatic rings. The Balaban J connectivity index is 1.82. The number of hydrogen-bond donors (Lipinski definition) is 1. The van der Waals surface area contributed by atoms with Gasteiger partial charge in [-0.05, 0) is 43.5 Å². The maximum Gasteiger partial charge on any atom is 0.232 e. The molecule has 0 saturated carbocycles. The number of ether oxygens (including phenoxy) is 1. The second-order valence-electron chi connectivity index (χ2n) is 6.73. The van der Waals surface area contributed by atoms with Crippen molar-refractivity contribution in [1.29, 1.82) is 0 Å². The van der Waals surface area contributed by atoms with E-state index in [0.717, 1.165) is 16.9 Å². The largest absolute Gasteiger partial charge is 0.497 e. The minimum absolute atomic E-state index is 0.0299. The second-order valence-corrected chi connectivity index (χ2v) is 6.73. The number of rotatable bonds is 9. The van der Waals surface area contributed by atoms with E-state index in [9.17, 15) is 9.59 Å². The first-order valence-electron chi connectivity index (χ1n) is 9.22. The molecule has 1 N–H and O–H groups in total. The van der Waals surface area contributed by atoms with E-state index in [0.29, 0.717) is 19.5 Å². The Kier molecular flexibility index (Phi) is 7.86. The molecule has 0 radical (unpaired) electrons. The number of amides is 2. The fourth-order valence-electron chi connectivity index (χ4n) is 2.81. The highest BCUT2D eigenvalue weighted by molar-refractivity contribution is 5.96. The van der Waals surface area contributed by atoms with Crippen LogP contribution in [0.4, 0.5) is 0 Å². The maximum absolute atomic E-state index is 12.6. The zero-order valence-electron chi connectivity index (χ0n) is 16.3. The second kappa shape index (κ2) is 10.4. The molecule has 0 unspecified atom stereocenters. The van der Waals surface area contributed by atoms with E-state index < -0.39 is 0 Å². The Bertz CT molecular complexity index is 744. The summed E-state index contributed by atoms with van der Waals surface area (Å²) in [6.45, 7) is 4.91. The van der Waals surface area contributed by atoms with Gasteiger partial charge in [0.1, 0.15) is 12.2 Å². The first kappa shape index (κ1) is 20.5. The van der Waals surface area contributed by atoms with Gasteiger partial charge >= 0.3 is 0 Å². The minimum Gasteiger partial charge on any atom is -0.497 e. The lowest BCUT2D eigenvalue weighted by molar-refractivity contribution is -0.137. The van der Waals surface area contributed by atoms with E-state index in [1.165, 1.54) is 0 Å². The van der Waals surface area contributed by atoms with Gasteiger partial charge in [0.15, 0.2) is 0 Å². The van der Waals surface area contributed by atoms with Crippen LogP contribution in [0.3, 0.4) is 0 Å². The average molecular weight is 368 g/mol. The maximum atomic E-state index is 12.6. The van der Waals surface area contributed by atoms with Crippen LogP contribution in [0, 0.1) is 0 Å². The summed E-state index contributed by atoms with van der Waals surface area (Å²) in [5, 5.41) is 2.83. The molecule has 2 rings (SSSR count). The van der Waals surface area contributed by atoms with Crippen molar-refractivity contribution >= 4 is 11.8 Å². The van der Waals surface area contributed by atoms with Gasteiger partial charge in [-0.15, -0.1) is 0 Å². The van der Waals surface area contributed by atoms with Crippen molar-refractivity contribution in [2.45, 2.75) is 39.3 Å². The molecule has 2 aromatic carbocycles. The van der Waals surface area contributed by atoms with Gasteiger partial charge in [0.05, 0.1) is 7.11 Å². The molecule has 0 atom stereocenters. The number of nitrogens with zero attached hydrogens (tertiary/aromatic N) is 1. The highest BCUT2D eigenvalue weighted by atomic mass is 16.5. The van der Waals surface area contributed by atoms with Crippen LogP contribution in [0.15, 0.2) is 54.6 Å². The van der Waals surface area contributed by atoms with E-state index in [1.807, 2.05) is 68.4 Å². The number of carbonyl (C=O) groups excluding carboxylic acids is 2. The van der Waals surface area contributed by atoms with E-state index in [1.54, 1.807) is 12.0 Å². The summed E-state index contributed by atoms with van der Waals surface area (Å²) in [7, 11) is 1.63. The third kappa shape index (κ3) is 6.77. The number of nitrogens with one attached hydrogen (secondary N) is 1. The molecule has 144 valence electrons. The van der Waals surface area contributed by atoms with Gasteiger partial charge in [0, 0.05) is 19.1 Å². The molecule has 2 amide bonds. The molecule has 5 heteroatoms. The van der Waals surface area contributed by atoms with Gasteiger partial charge < -0.3 is 15.0 Å². The van der Waals surface area contributed by atoms with Crippen LogP contribution in [0.25, 0.3) is 0 Å². The summed E-state index contributed by atoms with van der Waals surface area (Å²) in [6.07, 6.45) is 0.554. The Morgan fingerprint density at radius 2 is 1.74 bits per heavy atom. The molecule has 0 bridgehead atoms. The molecule has 0 aliphatic carbocycles. The minimum atomic E-state index is -0.249. The SMILES string of the molecule is COc1cccc(CCNC(=O)CC(=O)N(Cc2ccccc2)C(C)C)c1. The Morgan fingerprint density at radius 3 is 2.41 bits per heavy atom. The predicted molar refractivity (Wildman–Crippen MR) is 106 cm³/mol. The lowest BCUT2D eigenvalue weighted by Crippen LogP contribution is -2.39. The van der Waals surface area contributed by atoms with E-state index >= 15 is 0 Å². The van der Waals surface area contributed by atoms with E-state index in [-0.39, 0.29) is 24.3 Å². The van der Waals surface area contributed by atoms with Crippen LogP contribution in [0.2, 0.25) is 0 Å².